The molecule has 2 N–H and O–H groups in total. The van der Waals surface area contributed by atoms with E-state index in [-0.39, 0.29) is 17.9 Å². The zero-order valence-electron chi connectivity index (χ0n) is 17.2. The molecule has 2 amide bonds. The van der Waals surface area contributed by atoms with Crippen molar-refractivity contribution in [2.75, 3.05) is 13.1 Å². The Morgan fingerprint density at radius 3 is 2.73 bits per heavy atom. The van der Waals surface area contributed by atoms with Crippen LogP contribution in [0.2, 0.25) is 0 Å². The van der Waals surface area contributed by atoms with E-state index >= 15 is 0 Å². The predicted molar refractivity (Wildman–Crippen MR) is 116 cm³/mol. The average Bonchev–Trinajstić information content (AvgIpc) is 2.78. The lowest BCUT2D eigenvalue weighted by Crippen LogP contribution is -2.46. The van der Waals surface area contributed by atoms with Crippen LogP contribution in [0, 0.1) is 5.41 Å². The molecule has 1 fully saturated rings. The van der Waals surface area contributed by atoms with E-state index in [9.17, 15) is 9.59 Å². The maximum Gasteiger partial charge on any atom is 0.253 e. The molecule has 1 aliphatic heterocycles. The van der Waals surface area contributed by atoms with Crippen molar-refractivity contribution in [2.45, 2.75) is 38.7 Å². The molecule has 2 aromatic carbocycles. The Morgan fingerprint density at radius 2 is 1.93 bits per heavy atom. The lowest BCUT2D eigenvalue weighted by molar-refractivity contribution is 0.0484. The summed E-state index contributed by atoms with van der Waals surface area (Å²) in [5, 5.41) is 0. The zero-order valence-corrected chi connectivity index (χ0v) is 17.2. The van der Waals surface area contributed by atoms with Gasteiger partial charge in [0.25, 0.3) is 11.8 Å². The fraction of sp³-hybridized carbons (Fsp3) is 0.360. The van der Waals surface area contributed by atoms with Crippen LogP contribution in [0.5, 0.6) is 5.75 Å². The number of hydrogen-bond acceptors (Lipinski definition) is 3. The molecule has 1 aliphatic carbocycles. The van der Waals surface area contributed by atoms with Gasteiger partial charge < -0.3 is 15.4 Å². The maximum atomic E-state index is 13.2. The van der Waals surface area contributed by atoms with Gasteiger partial charge in [-0.05, 0) is 67.3 Å². The molecule has 4 rings (SSSR count). The van der Waals surface area contributed by atoms with Gasteiger partial charge in [0.05, 0.1) is 5.56 Å². The second kappa shape index (κ2) is 8.74. The van der Waals surface area contributed by atoms with Crippen LogP contribution in [-0.2, 0) is 6.61 Å². The SMILES string of the molecule is NC(=O)c1ccccc1OCc1cccc(C(=O)N2CCC[C@]3(CC=CCC3)C2)c1. The molecule has 0 unspecified atom stereocenters. The van der Waals surface area contributed by atoms with Gasteiger partial charge in [-0.15, -0.1) is 0 Å². The number of para-hydroxylation sites is 1. The van der Waals surface area contributed by atoms with Gasteiger partial charge in [0, 0.05) is 18.7 Å². The molecule has 1 atom stereocenters. The maximum absolute atomic E-state index is 13.2. The first kappa shape index (κ1) is 20.2. The third kappa shape index (κ3) is 4.40. The minimum absolute atomic E-state index is 0.0861. The third-order valence-corrected chi connectivity index (χ3v) is 6.23. The summed E-state index contributed by atoms with van der Waals surface area (Å²) < 4.78 is 5.82. The van der Waals surface area contributed by atoms with E-state index in [1.165, 1.54) is 12.8 Å². The van der Waals surface area contributed by atoms with Crippen molar-refractivity contribution in [2.24, 2.45) is 11.1 Å². The number of ether oxygens (including phenoxy) is 1. The van der Waals surface area contributed by atoms with Crippen LogP contribution in [-0.4, -0.2) is 29.8 Å². The smallest absolute Gasteiger partial charge is 0.253 e. The molecule has 156 valence electrons. The highest BCUT2D eigenvalue weighted by atomic mass is 16.5. The number of amides is 2. The molecule has 5 nitrogen and oxygen atoms in total. The molecule has 2 aliphatic rings. The Hall–Kier alpha value is -3.08. The number of piperidine rings is 1. The van der Waals surface area contributed by atoms with Gasteiger partial charge in [-0.2, -0.15) is 0 Å². The first-order chi connectivity index (χ1) is 14.6. The standard InChI is InChI=1S/C25H28N2O3/c26-23(28)21-10-2-3-11-22(21)30-17-19-8-6-9-20(16-19)24(29)27-15-7-14-25(18-27)12-4-1-5-13-25/h1-4,6,8-11,16H,5,7,12-15,17-18H2,(H2,26,28)/t25-/m1/s1. The van der Waals surface area contributed by atoms with Crippen molar-refractivity contribution in [3.63, 3.8) is 0 Å². The summed E-state index contributed by atoms with van der Waals surface area (Å²) in [6.45, 7) is 1.92. The van der Waals surface area contributed by atoms with E-state index in [2.05, 4.69) is 12.2 Å². The van der Waals surface area contributed by atoms with Crippen molar-refractivity contribution in [3.8, 4) is 5.75 Å². The number of likely N-dealkylation sites (tertiary alicyclic amines) is 1. The van der Waals surface area contributed by atoms with Gasteiger partial charge in [-0.25, -0.2) is 0 Å². The topological polar surface area (TPSA) is 72.6 Å². The van der Waals surface area contributed by atoms with Crippen molar-refractivity contribution in [3.05, 3.63) is 77.4 Å². The third-order valence-electron chi connectivity index (χ3n) is 6.23. The van der Waals surface area contributed by atoms with Crippen LogP contribution in [0.15, 0.2) is 60.7 Å². The Labute approximate surface area is 177 Å². The Balaban J connectivity index is 1.45. The molecule has 5 heteroatoms. The highest BCUT2D eigenvalue weighted by Crippen LogP contribution is 2.41. The fourth-order valence-electron chi connectivity index (χ4n) is 4.63. The van der Waals surface area contributed by atoms with E-state index in [1.807, 2.05) is 29.2 Å². The van der Waals surface area contributed by atoms with Gasteiger partial charge in [-0.1, -0.05) is 36.4 Å². The van der Waals surface area contributed by atoms with Crippen LogP contribution in [0.25, 0.3) is 0 Å². The fourth-order valence-corrected chi connectivity index (χ4v) is 4.63. The van der Waals surface area contributed by atoms with Gasteiger partial charge >= 0.3 is 0 Å². The van der Waals surface area contributed by atoms with E-state index in [1.54, 1.807) is 24.3 Å². The number of benzene rings is 2. The van der Waals surface area contributed by atoms with E-state index in [4.69, 9.17) is 10.5 Å². The molecule has 1 spiro atoms. The molecule has 0 saturated carbocycles. The second-order valence-electron chi connectivity index (χ2n) is 8.39. The molecule has 1 saturated heterocycles. The number of rotatable bonds is 5. The molecule has 2 aromatic rings. The minimum Gasteiger partial charge on any atom is -0.488 e. The van der Waals surface area contributed by atoms with E-state index < -0.39 is 5.91 Å². The van der Waals surface area contributed by atoms with Crippen LogP contribution >= 0.6 is 0 Å². The Morgan fingerprint density at radius 1 is 1.07 bits per heavy atom. The highest BCUT2D eigenvalue weighted by Gasteiger charge is 2.36. The normalized spacial score (nSPS) is 20.9. The van der Waals surface area contributed by atoms with Crippen LogP contribution in [0.4, 0.5) is 0 Å². The first-order valence-electron chi connectivity index (χ1n) is 10.6. The summed E-state index contributed by atoms with van der Waals surface area (Å²) in [4.78, 5) is 26.8. The molecule has 0 aromatic heterocycles. The Kier molecular flexibility index (Phi) is 5.88. The minimum atomic E-state index is -0.522. The summed E-state index contributed by atoms with van der Waals surface area (Å²) in [6.07, 6.45) is 10.2. The van der Waals surface area contributed by atoms with Crippen LogP contribution in [0.1, 0.15) is 58.4 Å². The summed E-state index contributed by atoms with van der Waals surface area (Å²) in [7, 11) is 0. The number of carbonyl (C=O) groups is 2. The summed E-state index contributed by atoms with van der Waals surface area (Å²) in [6, 6.07) is 14.5. The lowest BCUT2D eigenvalue weighted by Gasteiger charge is -2.44. The lowest BCUT2D eigenvalue weighted by atomic mass is 9.71. The number of hydrogen-bond donors (Lipinski definition) is 1. The highest BCUT2D eigenvalue weighted by molar-refractivity contribution is 5.95. The second-order valence-corrected chi connectivity index (χ2v) is 8.39. The van der Waals surface area contributed by atoms with Crippen molar-refractivity contribution in [1.82, 2.24) is 4.90 Å². The molecule has 1 heterocycles. The molecule has 0 radical (unpaired) electrons. The summed E-state index contributed by atoms with van der Waals surface area (Å²) in [5.74, 6) is 0.0131. The monoisotopic (exact) mass is 404 g/mol. The van der Waals surface area contributed by atoms with Crippen molar-refractivity contribution in [1.29, 1.82) is 0 Å². The molecular weight excluding hydrogens is 376 g/mol. The molecule has 0 bridgehead atoms. The number of nitrogens with zero attached hydrogens (tertiary/aromatic N) is 1. The Bertz CT molecular complexity index is 968. The number of primary amides is 1. The number of allylic oxidation sites excluding steroid dienone is 2. The van der Waals surface area contributed by atoms with Crippen molar-refractivity contribution >= 4 is 11.8 Å². The molecule has 30 heavy (non-hydrogen) atoms. The van der Waals surface area contributed by atoms with Gasteiger partial charge in [0.1, 0.15) is 12.4 Å². The number of nitrogens with two attached hydrogens (primary N) is 1. The number of carbonyl (C=O) groups excluding carboxylic acids is 2. The average molecular weight is 405 g/mol. The summed E-state index contributed by atoms with van der Waals surface area (Å²) >= 11 is 0. The first-order valence-corrected chi connectivity index (χ1v) is 10.6. The van der Waals surface area contributed by atoms with E-state index in [0.717, 1.165) is 37.9 Å². The van der Waals surface area contributed by atoms with Gasteiger partial charge in [0.2, 0.25) is 0 Å². The van der Waals surface area contributed by atoms with Crippen LogP contribution in [0.3, 0.4) is 0 Å². The quantitative estimate of drug-likeness (QED) is 0.754. The summed E-state index contributed by atoms with van der Waals surface area (Å²) in [5.41, 5.74) is 7.58. The predicted octanol–water partition coefficient (Wildman–Crippen LogP) is 4.33. The zero-order chi connectivity index (χ0) is 21.0. The largest absolute Gasteiger partial charge is 0.488 e. The molecular formula is C25H28N2O3. The van der Waals surface area contributed by atoms with Gasteiger partial charge in [0.15, 0.2) is 0 Å². The van der Waals surface area contributed by atoms with Gasteiger partial charge in [-0.3, -0.25) is 9.59 Å². The van der Waals surface area contributed by atoms with E-state index in [0.29, 0.717) is 16.9 Å². The van der Waals surface area contributed by atoms with Crippen LogP contribution < -0.4 is 10.5 Å². The van der Waals surface area contributed by atoms with Crippen molar-refractivity contribution < 1.29 is 14.3 Å².